The first-order valence-electron chi connectivity index (χ1n) is 7.60. The van der Waals surface area contributed by atoms with Gasteiger partial charge in [-0.25, -0.2) is 8.78 Å². The van der Waals surface area contributed by atoms with Crippen LogP contribution in [0, 0.1) is 18.6 Å². The molecule has 4 nitrogen and oxygen atoms in total. The maximum Gasteiger partial charge on any atom is 0.276 e. The van der Waals surface area contributed by atoms with Crippen LogP contribution < -0.4 is 10.3 Å². The second-order valence-electron chi connectivity index (χ2n) is 5.51. The second-order valence-corrected chi connectivity index (χ2v) is 7.12. The van der Waals surface area contributed by atoms with E-state index in [2.05, 4.69) is 20.9 Å². The summed E-state index contributed by atoms with van der Waals surface area (Å²) in [4.78, 5) is 17.0. The Morgan fingerprint density at radius 3 is 2.48 bits per heavy atom. The number of para-hydroxylation sites is 1. The van der Waals surface area contributed by atoms with Crippen LogP contribution in [0.25, 0.3) is 5.69 Å². The van der Waals surface area contributed by atoms with Crippen molar-refractivity contribution in [1.29, 1.82) is 0 Å². The second kappa shape index (κ2) is 7.96. The smallest absolute Gasteiger partial charge is 0.276 e. The van der Waals surface area contributed by atoms with Gasteiger partial charge in [-0.3, -0.25) is 9.36 Å². The predicted molar refractivity (Wildman–Crippen MR) is 103 cm³/mol. The van der Waals surface area contributed by atoms with Crippen LogP contribution in [0.3, 0.4) is 0 Å². The summed E-state index contributed by atoms with van der Waals surface area (Å²) in [5, 5.41) is 0.562. The fraction of sp³-hybridized carbons (Fsp3) is 0.111. The summed E-state index contributed by atoms with van der Waals surface area (Å²) in [6.45, 7) is 1.35. The lowest BCUT2D eigenvalue weighted by Crippen LogP contribution is -2.24. The fourth-order valence-electron chi connectivity index (χ4n) is 2.43. The summed E-state index contributed by atoms with van der Waals surface area (Å²) < 4.78 is 33.5. The molecule has 0 fully saturated rings. The largest absolute Gasteiger partial charge is 0.472 e. The van der Waals surface area contributed by atoms with Crippen molar-refractivity contribution in [2.75, 3.05) is 0 Å². The molecule has 9 heteroatoms. The summed E-state index contributed by atoms with van der Waals surface area (Å²) in [6.07, 6.45) is 0. The number of hydrogen-bond donors (Lipinski definition) is 0. The molecule has 0 aliphatic carbocycles. The van der Waals surface area contributed by atoms with E-state index >= 15 is 0 Å². The number of hydrogen-bond acceptors (Lipinski definition) is 3. The molecule has 1 heterocycles. The molecule has 0 saturated heterocycles. The molecule has 0 amide bonds. The van der Waals surface area contributed by atoms with Crippen LogP contribution in [0.1, 0.15) is 11.4 Å². The van der Waals surface area contributed by atoms with Crippen LogP contribution in [0.2, 0.25) is 10.0 Å². The highest BCUT2D eigenvalue weighted by Crippen LogP contribution is 2.30. The Morgan fingerprint density at radius 2 is 1.85 bits per heavy atom. The molecule has 27 heavy (non-hydrogen) atoms. The first kappa shape index (κ1) is 19.8. The zero-order chi connectivity index (χ0) is 19.7. The standard InChI is InChI=1S/C18H11BrCl2F2N2O2/c1-9-24-17(27-8-10-5-6-11(22)7-14(10)23)15(19)18(26)25(9)16-12(20)3-2-4-13(16)21/h2-7H,8H2,1H3. The van der Waals surface area contributed by atoms with Crippen molar-refractivity contribution in [2.45, 2.75) is 13.5 Å². The maximum atomic E-state index is 13.7. The predicted octanol–water partition coefficient (Wildman–Crippen LogP) is 5.47. The number of benzene rings is 2. The van der Waals surface area contributed by atoms with Crippen molar-refractivity contribution < 1.29 is 13.5 Å². The van der Waals surface area contributed by atoms with Gasteiger partial charge >= 0.3 is 0 Å². The molecule has 0 saturated carbocycles. The molecular weight excluding hydrogens is 465 g/mol. The van der Waals surface area contributed by atoms with E-state index in [0.717, 1.165) is 12.1 Å². The monoisotopic (exact) mass is 474 g/mol. The van der Waals surface area contributed by atoms with E-state index in [-0.39, 0.29) is 38.4 Å². The normalized spacial score (nSPS) is 10.9. The number of ether oxygens (including phenoxy) is 1. The SMILES string of the molecule is Cc1nc(OCc2ccc(F)cc2F)c(Br)c(=O)n1-c1c(Cl)cccc1Cl. The average Bonchev–Trinajstić information content (AvgIpc) is 2.60. The highest BCUT2D eigenvalue weighted by Gasteiger charge is 2.19. The van der Waals surface area contributed by atoms with Gasteiger partial charge < -0.3 is 4.74 Å². The Kier molecular flexibility index (Phi) is 5.83. The molecule has 3 rings (SSSR count). The Hall–Kier alpha value is -1.96. The first-order valence-corrected chi connectivity index (χ1v) is 9.14. The Morgan fingerprint density at radius 1 is 1.19 bits per heavy atom. The third kappa shape index (κ3) is 4.00. The minimum Gasteiger partial charge on any atom is -0.472 e. The third-order valence-electron chi connectivity index (χ3n) is 3.71. The molecule has 140 valence electrons. The summed E-state index contributed by atoms with van der Waals surface area (Å²) in [5.41, 5.74) is -0.0687. The van der Waals surface area contributed by atoms with E-state index in [1.165, 1.54) is 10.6 Å². The van der Waals surface area contributed by atoms with E-state index in [4.69, 9.17) is 27.9 Å². The molecule has 0 N–H and O–H groups in total. The van der Waals surface area contributed by atoms with Crippen LogP contribution in [0.15, 0.2) is 45.7 Å². The summed E-state index contributed by atoms with van der Waals surface area (Å²) in [7, 11) is 0. The minimum absolute atomic E-state index is 0.0200. The summed E-state index contributed by atoms with van der Waals surface area (Å²) >= 11 is 15.5. The zero-order valence-electron chi connectivity index (χ0n) is 13.8. The van der Waals surface area contributed by atoms with Gasteiger partial charge in [0.2, 0.25) is 5.88 Å². The topological polar surface area (TPSA) is 44.1 Å². The van der Waals surface area contributed by atoms with Crippen molar-refractivity contribution in [3.05, 3.63) is 84.3 Å². The van der Waals surface area contributed by atoms with Crippen LogP contribution in [0.5, 0.6) is 5.88 Å². The van der Waals surface area contributed by atoms with E-state index in [1.807, 2.05) is 0 Å². The van der Waals surface area contributed by atoms with E-state index in [9.17, 15) is 13.6 Å². The van der Waals surface area contributed by atoms with Crippen LogP contribution in [0.4, 0.5) is 8.78 Å². The first-order chi connectivity index (χ1) is 12.8. The number of nitrogens with zero attached hydrogens (tertiary/aromatic N) is 2. The molecule has 0 radical (unpaired) electrons. The fourth-order valence-corrected chi connectivity index (χ4v) is 3.38. The Bertz CT molecular complexity index is 1070. The molecule has 3 aromatic rings. The van der Waals surface area contributed by atoms with Crippen LogP contribution >= 0.6 is 39.1 Å². The van der Waals surface area contributed by atoms with Gasteiger partial charge in [-0.15, -0.1) is 0 Å². The third-order valence-corrected chi connectivity index (χ3v) is 4.99. The lowest BCUT2D eigenvalue weighted by Gasteiger charge is -2.15. The van der Waals surface area contributed by atoms with Crippen molar-refractivity contribution in [3.8, 4) is 11.6 Å². The molecule has 0 aliphatic heterocycles. The maximum absolute atomic E-state index is 13.7. The van der Waals surface area contributed by atoms with Crippen molar-refractivity contribution >= 4 is 39.1 Å². The van der Waals surface area contributed by atoms with Crippen LogP contribution in [-0.4, -0.2) is 9.55 Å². The highest BCUT2D eigenvalue weighted by atomic mass is 79.9. The van der Waals surface area contributed by atoms with Crippen molar-refractivity contribution in [2.24, 2.45) is 0 Å². The molecule has 0 bridgehead atoms. The van der Waals surface area contributed by atoms with Gasteiger partial charge in [-0.05, 0) is 47.1 Å². The lowest BCUT2D eigenvalue weighted by molar-refractivity contribution is 0.283. The molecule has 0 unspecified atom stereocenters. The minimum atomic E-state index is -0.751. The van der Waals surface area contributed by atoms with Crippen LogP contribution in [-0.2, 0) is 6.61 Å². The zero-order valence-corrected chi connectivity index (χ0v) is 16.9. The van der Waals surface area contributed by atoms with E-state index < -0.39 is 17.2 Å². The van der Waals surface area contributed by atoms with E-state index in [1.54, 1.807) is 25.1 Å². The van der Waals surface area contributed by atoms with Gasteiger partial charge in [-0.2, -0.15) is 4.98 Å². The number of halogens is 5. The number of rotatable bonds is 4. The number of aromatic nitrogens is 2. The summed E-state index contributed by atoms with van der Waals surface area (Å²) in [5.74, 6) is -1.20. The number of aryl methyl sites for hydroxylation is 1. The van der Waals surface area contributed by atoms with Crippen molar-refractivity contribution in [3.63, 3.8) is 0 Å². The van der Waals surface area contributed by atoms with Crippen molar-refractivity contribution in [1.82, 2.24) is 9.55 Å². The van der Waals surface area contributed by atoms with Gasteiger partial charge in [-0.1, -0.05) is 29.3 Å². The van der Waals surface area contributed by atoms with Gasteiger partial charge in [0.15, 0.2) is 0 Å². The molecule has 0 atom stereocenters. The molecular formula is C18H11BrCl2F2N2O2. The van der Waals surface area contributed by atoms with E-state index in [0.29, 0.717) is 5.69 Å². The highest BCUT2D eigenvalue weighted by molar-refractivity contribution is 9.10. The lowest BCUT2D eigenvalue weighted by atomic mass is 10.2. The average molecular weight is 476 g/mol. The molecule has 2 aromatic carbocycles. The molecule has 1 aromatic heterocycles. The van der Waals surface area contributed by atoms with Gasteiger partial charge in [0, 0.05) is 11.6 Å². The Balaban J connectivity index is 1.99. The molecule has 0 aliphatic rings. The summed E-state index contributed by atoms with van der Waals surface area (Å²) in [6, 6.07) is 7.99. The van der Waals surface area contributed by atoms with Gasteiger partial charge in [0.25, 0.3) is 5.56 Å². The van der Waals surface area contributed by atoms with Gasteiger partial charge in [0.1, 0.15) is 28.5 Å². The Labute approximate surface area is 171 Å². The molecule has 0 spiro atoms. The van der Waals surface area contributed by atoms with Gasteiger partial charge in [0.05, 0.1) is 15.7 Å². The quantitative estimate of drug-likeness (QED) is 0.502.